The van der Waals surface area contributed by atoms with E-state index >= 15 is 0 Å². The number of fused-ring (bicyclic) bond motifs is 1. The number of rotatable bonds is 2. The fraction of sp³-hybridized carbons (Fsp3) is 0.286. The SMILES string of the molecule is O=C1CCCN1C(Cl)c1ccc2ccncc2c1. The van der Waals surface area contributed by atoms with E-state index in [2.05, 4.69) is 4.98 Å². The maximum Gasteiger partial charge on any atom is 0.224 e. The smallest absolute Gasteiger partial charge is 0.224 e. The van der Waals surface area contributed by atoms with Gasteiger partial charge in [0.05, 0.1) is 0 Å². The first-order valence-corrected chi connectivity index (χ1v) is 6.46. The van der Waals surface area contributed by atoms with Gasteiger partial charge < -0.3 is 4.90 Å². The van der Waals surface area contributed by atoms with E-state index in [1.807, 2.05) is 30.5 Å². The molecular weight excluding hydrogens is 248 g/mol. The molecule has 92 valence electrons. The Kier molecular flexibility index (Phi) is 2.92. The molecule has 0 radical (unpaired) electrons. The van der Waals surface area contributed by atoms with E-state index in [1.165, 1.54) is 0 Å². The Hall–Kier alpha value is -1.61. The number of amides is 1. The number of nitrogens with zero attached hydrogens (tertiary/aromatic N) is 2. The first-order valence-electron chi connectivity index (χ1n) is 6.03. The summed E-state index contributed by atoms with van der Waals surface area (Å²) >= 11 is 6.39. The van der Waals surface area contributed by atoms with Gasteiger partial charge in [-0.3, -0.25) is 9.78 Å². The minimum atomic E-state index is -0.371. The van der Waals surface area contributed by atoms with E-state index in [1.54, 1.807) is 11.1 Å². The molecule has 1 saturated heterocycles. The number of benzene rings is 1. The normalized spacial score (nSPS) is 17.4. The third-order valence-corrected chi connectivity index (χ3v) is 3.81. The average Bonchev–Trinajstić information content (AvgIpc) is 2.83. The Bertz CT molecular complexity index is 599. The molecule has 2 heterocycles. The summed E-state index contributed by atoms with van der Waals surface area (Å²) in [5.41, 5.74) is 0.581. The largest absolute Gasteiger partial charge is 0.322 e. The van der Waals surface area contributed by atoms with Crippen LogP contribution in [0.1, 0.15) is 23.9 Å². The second-order valence-electron chi connectivity index (χ2n) is 4.51. The number of pyridine rings is 1. The van der Waals surface area contributed by atoms with Crippen LogP contribution in [0.3, 0.4) is 0 Å². The van der Waals surface area contributed by atoms with Crippen LogP contribution >= 0.6 is 11.6 Å². The van der Waals surface area contributed by atoms with Crippen LogP contribution in [0.2, 0.25) is 0 Å². The second-order valence-corrected chi connectivity index (χ2v) is 4.92. The Morgan fingerprint density at radius 2 is 2.17 bits per heavy atom. The molecule has 1 fully saturated rings. The van der Waals surface area contributed by atoms with Gasteiger partial charge in [0.1, 0.15) is 5.50 Å². The number of carbonyl (C=O) groups is 1. The number of alkyl halides is 1. The Morgan fingerprint density at radius 1 is 1.28 bits per heavy atom. The zero-order chi connectivity index (χ0) is 12.5. The summed E-state index contributed by atoms with van der Waals surface area (Å²) in [4.78, 5) is 17.5. The van der Waals surface area contributed by atoms with E-state index in [4.69, 9.17) is 11.6 Å². The molecule has 1 amide bonds. The van der Waals surface area contributed by atoms with Gasteiger partial charge in [-0.25, -0.2) is 0 Å². The van der Waals surface area contributed by atoms with Gasteiger partial charge in [-0.15, -0.1) is 0 Å². The summed E-state index contributed by atoms with van der Waals surface area (Å²) in [5, 5.41) is 2.18. The number of likely N-dealkylation sites (tertiary alicyclic amines) is 1. The van der Waals surface area contributed by atoms with Gasteiger partial charge in [0, 0.05) is 30.7 Å². The predicted molar refractivity (Wildman–Crippen MR) is 71.3 cm³/mol. The highest BCUT2D eigenvalue weighted by Gasteiger charge is 2.27. The predicted octanol–water partition coefficient (Wildman–Crippen LogP) is 3.09. The quantitative estimate of drug-likeness (QED) is 0.614. The van der Waals surface area contributed by atoms with Crippen LogP contribution in [0.15, 0.2) is 36.7 Å². The highest BCUT2D eigenvalue weighted by atomic mass is 35.5. The van der Waals surface area contributed by atoms with Crippen molar-refractivity contribution in [2.75, 3.05) is 6.54 Å². The Balaban J connectivity index is 1.96. The zero-order valence-corrected chi connectivity index (χ0v) is 10.6. The number of hydrogen-bond donors (Lipinski definition) is 0. The number of aromatic nitrogens is 1. The van der Waals surface area contributed by atoms with Crippen LogP contribution in [-0.4, -0.2) is 22.3 Å². The molecule has 3 nitrogen and oxygen atoms in total. The van der Waals surface area contributed by atoms with Crippen LogP contribution in [0, 0.1) is 0 Å². The van der Waals surface area contributed by atoms with E-state index in [9.17, 15) is 4.79 Å². The van der Waals surface area contributed by atoms with Crippen molar-refractivity contribution in [2.45, 2.75) is 18.3 Å². The minimum absolute atomic E-state index is 0.140. The van der Waals surface area contributed by atoms with Crippen molar-refractivity contribution in [3.63, 3.8) is 0 Å². The average molecular weight is 261 g/mol. The van der Waals surface area contributed by atoms with Gasteiger partial charge in [-0.05, 0) is 29.5 Å². The van der Waals surface area contributed by atoms with Crippen molar-refractivity contribution >= 4 is 28.3 Å². The van der Waals surface area contributed by atoms with E-state index in [0.717, 1.165) is 29.3 Å². The molecule has 1 unspecified atom stereocenters. The summed E-state index contributed by atoms with van der Waals surface area (Å²) in [6, 6.07) is 7.96. The van der Waals surface area contributed by atoms with E-state index in [-0.39, 0.29) is 11.4 Å². The lowest BCUT2D eigenvalue weighted by atomic mass is 10.1. The first kappa shape index (κ1) is 11.5. The summed E-state index contributed by atoms with van der Waals surface area (Å²) in [6.07, 6.45) is 5.09. The van der Waals surface area contributed by atoms with Gasteiger partial charge in [-0.1, -0.05) is 23.7 Å². The summed E-state index contributed by atoms with van der Waals surface area (Å²) < 4.78 is 0. The molecule has 0 N–H and O–H groups in total. The lowest BCUT2D eigenvalue weighted by Gasteiger charge is -2.22. The molecule has 2 aromatic rings. The molecule has 0 bridgehead atoms. The van der Waals surface area contributed by atoms with Crippen LogP contribution < -0.4 is 0 Å². The molecule has 1 aliphatic rings. The topological polar surface area (TPSA) is 33.2 Å². The molecule has 0 aliphatic carbocycles. The molecule has 3 rings (SSSR count). The highest BCUT2D eigenvalue weighted by Crippen LogP contribution is 2.30. The third kappa shape index (κ3) is 1.95. The molecule has 4 heteroatoms. The number of halogens is 1. The summed E-state index contributed by atoms with van der Waals surface area (Å²) in [5.74, 6) is 0.140. The maximum absolute atomic E-state index is 11.7. The molecule has 1 aromatic carbocycles. The first-order chi connectivity index (χ1) is 8.75. The Labute approximate surface area is 110 Å². The van der Waals surface area contributed by atoms with Gasteiger partial charge in [0.2, 0.25) is 5.91 Å². The van der Waals surface area contributed by atoms with Crippen molar-refractivity contribution in [2.24, 2.45) is 0 Å². The maximum atomic E-state index is 11.7. The summed E-state index contributed by atoms with van der Waals surface area (Å²) in [7, 11) is 0. The van der Waals surface area contributed by atoms with Crippen LogP contribution in [-0.2, 0) is 4.79 Å². The third-order valence-electron chi connectivity index (χ3n) is 3.32. The molecule has 1 aliphatic heterocycles. The molecule has 0 saturated carbocycles. The molecule has 0 spiro atoms. The lowest BCUT2D eigenvalue weighted by molar-refractivity contribution is -0.128. The van der Waals surface area contributed by atoms with Crippen molar-refractivity contribution in [3.8, 4) is 0 Å². The van der Waals surface area contributed by atoms with E-state index < -0.39 is 0 Å². The van der Waals surface area contributed by atoms with Gasteiger partial charge in [0.25, 0.3) is 0 Å². The molecular formula is C14H13ClN2O. The van der Waals surface area contributed by atoms with Crippen molar-refractivity contribution < 1.29 is 4.79 Å². The van der Waals surface area contributed by atoms with Crippen LogP contribution in [0.4, 0.5) is 0 Å². The minimum Gasteiger partial charge on any atom is -0.322 e. The Morgan fingerprint density at radius 3 is 2.94 bits per heavy atom. The van der Waals surface area contributed by atoms with Crippen molar-refractivity contribution in [1.29, 1.82) is 0 Å². The molecule has 18 heavy (non-hydrogen) atoms. The number of hydrogen-bond acceptors (Lipinski definition) is 2. The van der Waals surface area contributed by atoms with E-state index in [0.29, 0.717) is 6.42 Å². The fourth-order valence-corrected chi connectivity index (χ4v) is 2.68. The van der Waals surface area contributed by atoms with Crippen LogP contribution in [0.25, 0.3) is 10.8 Å². The highest BCUT2D eigenvalue weighted by molar-refractivity contribution is 6.21. The lowest BCUT2D eigenvalue weighted by Crippen LogP contribution is -2.26. The molecule has 1 aromatic heterocycles. The van der Waals surface area contributed by atoms with Crippen molar-refractivity contribution in [3.05, 3.63) is 42.2 Å². The standard InChI is InChI=1S/C14H13ClN2O/c15-14(17-7-1-2-13(17)18)11-4-3-10-5-6-16-9-12(10)8-11/h3-6,8-9,14H,1-2,7H2. The van der Waals surface area contributed by atoms with Crippen molar-refractivity contribution in [1.82, 2.24) is 9.88 Å². The zero-order valence-electron chi connectivity index (χ0n) is 9.84. The summed E-state index contributed by atoms with van der Waals surface area (Å²) in [6.45, 7) is 0.748. The second kappa shape index (κ2) is 4.58. The monoisotopic (exact) mass is 260 g/mol. The van der Waals surface area contributed by atoms with Gasteiger partial charge in [0.15, 0.2) is 0 Å². The molecule has 1 atom stereocenters. The van der Waals surface area contributed by atoms with Gasteiger partial charge >= 0.3 is 0 Å². The van der Waals surface area contributed by atoms with Gasteiger partial charge in [-0.2, -0.15) is 0 Å². The number of carbonyl (C=O) groups excluding carboxylic acids is 1. The van der Waals surface area contributed by atoms with Crippen LogP contribution in [0.5, 0.6) is 0 Å². The fourth-order valence-electron chi connectivity index (χ4n) is 2.34.